The molecule has 0 amide bonds. The van der Waals surface area contributed by atoms with Gasteiger partial charge in [0, 0.05) is 6.61 Å². The molecular formula is C11H20O. The van der Waals surface area contributed by atoms with Crippen LogP contribution in [0.25, 0.3) is 0 Å². The average Bonchev–Trinajstić information content (AvgIpc) is 2.10. The maximum atomic E-state index is 8.58. The van der Waals surface area contributed by atoms with Gasteiger partial charge < -0.3 is 5.11 Å². The standard InChI is InChI=1S/C9H14O.C2H6/c1-3-5-9(6-4-2)7-8-10;1-2/h3-6,10H,1,7-8H2,2H3;1-2H3/b6-4-,9-5+;. The highest BCUT2D eigenvalue weighted by atomic mass is 16.2. The molecule has 1 nitrogen and oxygen atoms in total. The summed E-state index contributed by atoms with van der Waals surface area (Å²) < 4.78 is 0. The minimum absolute atomic E-state index is 0.198. The molecule has 0 fully saturated rings. The highest BCUT2D eigenvalue weighted by molar-refractivity contribution is 5.22. The van der Waals surface area contributed by atoms with Gasteiger partial charge in [-0.15, -0.1) is 0 Å². The average molecular weight is 168 g/mol. The fourth-order valence-electron chi connectivity index (χ4n) is 0.717. The topological polar surface area (TPSA) is 20.2 Å². The fraction of sp³-hybridized carbons (Fsp3) is 0.455. The first-order valence-electron chi connectivity index (χ1n) is 4.40. The van der Waals surface area contributed by atoms with E-state index in [1.165, 1.54) is 0 Å². The summed E-state index contributed by atoms with van der Waals surface area (Å²) in [5.41, 5.74) is 1.11. The van der Waals surface area contributed by atoms with Crippen LogP contribution in [0.4, 0.5) is 0 Å². The number of hydrogen-bond donors (Lipinski definition) is 1. The molecule has 0 aromatic rings. The molecular weight excluding hydrogens is 148 g/mol. The molecule has 0 unspecified atom stereocenters. The van der Waals surface area contributed by atoms with Crippen LogP contribution in [0.2, 0.25) is 0 Å². The Bertz CT molecular complexity index is 143. The van der Waals surface area contributed by atoms with Crippen LogP contribution in [0, 0.1) is 0 Å². The third-order valence-corrected chi connectivity index (χ3v) is 1.11. The first-order valence-corrected chi connectivity index (χ1v) is 4.40. The van der Waals surface area contributed by atoms with Crippen molar-refractivity contribution in [2.24, 2.45) is 0 Å². The number of aliphatic hydroxyl groups excluding tert-OH is 1. The molecule has 0 atom stereocenters. The van der Waals surface area contributed by atoms with Gasteiger partial charge in [-0.3, -0.25) is 0 Å². The summed E-state index contributed by atoms with van der Waals surface area (Å²) in [6, 6.07) is 0. The van der Waals surface area contributed by atoms with E-state index in [1.54, 1.807) is 6.08 Å². The molecule has 70 valence electrons. The summed E-state index contributed by atoms with van der Waals surface area (Å²) in [5.74, 6) is 0. The first-order chi connectivity index (χ1) is 5.85. The van der Waals surface area contributed by atoms with Gasteiger partial charge in [-0.25, -0.2) is 0 Å². The molecule has 0 aromatic heterocycles. The first kappa shape index (κ1) is 13.7. The lowest BCUT2D eigenvalue weighted by molar-refractivity contribution is 0.300. The number of allylic oxidation sites excluding steroid dienone is 4. The van der Waals surface area contributed by atoms with Crippen LogP contribution in [0.5, 0.6) is 0 Å². The lowest BCUT2D eigenvalue weighted by Gasteiger charge is -1.94. The molecule has 1 heteroatoms. The van der Waals surface area contributed by atoms with E-state index in [4.69, 9.17) is 5.11 Å². The second kappa shape index (κ2) is 12.8. The molecule has 0 saturated heterocycles. The third-order valence-electron chi connectivity index (χ3n) is 1.11. The van der Waals surface area contributed by atoms with Crippen molar-refractivity contribution >= 4 is 0 Å². The van der Waals surface area contributed by atoms with E-state index < -0.39 is 0 Å². The van der Waals surface area contributed by atoms with Gasteiger partial charge in [-0.05, 0) is 18.9 Å². The summed E-state index contributed by atoms with van der Waals surface area (Å²) >= 11 is 0. The molecule has 0 aliphatic rings. The van der Waals surface area contributed by atoms with Gasteiger partial charge in [-0.1, -0.05) is 44.7 Å². The quantitative estimate of drug-likeness (QED) is 0.639. The van der Waals surface area contributed by atoms with E-state index in [0.717, 1.165) is 5.57 Å². The largest absolute Gasteiger partial charge is 0.396 e. The summed E-state index contributed by atoms with van der Waals surface area (Å²) in [4.78, 5) is 0. The lowest BCUT2D eigenvalue weighted by atomic mass is 10.1. The van der Waals surface area contributed by atoms with Gasteiger partial charge in [0.1, 0.15) is 0 Å². The third kappa shape index (κ3) is 9.18. The lowest BCUT2D eigenvalue weighted by Crippen LogP contribution is -1.84. The fourth-order valence-corrected chi connectivity index (χ4v) is 0.717. The van der Waals surface area contributed by atoms with E-state index in [9.17, 15) is 0 Å². The van der Waals surface area contributed by atoms with Crippen molar-refractivity contribution in [2.75, 3.05) is 6.61 Å². The predicted octanol–water partition coefficient (Wildman–Crippen LogP) is 3.08. The molecule has 0 spiro atoms. The van der Waals surface area contributed by atoms with Crippen LogP contribution in [-0.2, 0) is 0 Å². The maximum Gasteiger partial charge on any atom is 0.0471 e. The van der Waals surface area contributed by atoms with Crippen LogP contribution < -0.4 is 0 Å². The van der Waals surface area contributed by atoms with Gasteiger partial charge in [-0.2, -0.15) is 0 Å². The SMILES string of the molecule is C=C/C=C(\C=C/C)CCO.CC. The Labute approximate surface area is 76.1 Å². The van der Waals surface area contributed by atoms with Gasteiger partial charge in [0.05, 0.1) is 0 Å². The van der Waals surface area contributed by atoms with Gasteiger partial charge >= 0.3 is 0 Å². The summed E-state index contributed by atoms with van der Waals surface area (Å²) in [6.45, 7) is 9.72. The van der Waals surface area contributed by atoms with Crippen LogP contribution in [-0.4, -0.2) is 11.7 Å². The predicted molar refractivity (Wildman–Crippen MR) is 56.1 cm³/mol. The molecule has 0 radical (unpaired) electrons. The Morgan fingerprint density at radius 2 is 2.00 bits per heavy atom. The van der Waals surface area contributed by atoms with E-state index in [0.29, 0.717) is 6.42 Å². The Morgan fingerprint density at radius 3 is 2.33 bits per heavy atom. The monoisotopic (exact) mass is 168 g/mol. The van der Waals surface area contributed by atoms with Crippen molar-refractivity contribution in [3.63, 3.8) is 0 Å². The summed E-state index contributed by atoms with van der Waals surface area (Å²) in [7, 11) is 0. The number of hydrogen-bond acceptors (Lipinski definition) is 1. The van der Waals surface area contributed by atoms with E-state index in [1.807, 2.05) is 39.0 Å². The Kier molecular flexibility index (Phi) is 14.7. The zero-order valence-electron chi connectivity index (χ0n) is 8.38. The van der Waals surface area contributed by atoms with Gasteiger partial charge in [0.15, 0.2) is 0 Å². The maximum absolute atomic E-state index is 8.58. The molecule has 0 rings (SSSR count). The molecule has 0 aromatic carbocycles. The molecule has 12 heavy (non-hydrogen) atoms. The second-order valence-electron chi connectivity index (χ2n) is 1.95. The van der Waals surface area contributed by atoms with Crippen molar-refractivity contribution in [3.05, 3.63) is 36.5 Å². The van der Waals surface area contributed by atoms with Crippen molar-refractivity contribution in [2.45, 2.75) is 27.2 Å². The van der Waals surface area contributed by atoms with Crippen molar-refractivity contribution in [3.8, 4) is 0 Å². The van der Waals surface area contributed by atoms with E-state index >= 15 is 0 Å². The highest BCUT2D eigenvalue weighted by Crippen LogP contribution is 2.01. The number of aliphatic hydroxyl groups is 1. The zero-order chi connectivity index (χ0) is 9.82. The zero-order valence-corrected chi connectivity index (χ0v) is 8.38. The van der Waals surface area contributed by atoms with Crippen LogP contribution in [0.1, 0.15) is 27.2 Å². The van der Waals surface area contributed by atoms with Crippen molar-refractivity contribution in [1.82, 2.24) is 0 Å². The van der Waals surface area contributed by atoms with Gasteiger partial charge in [0.25, 0.3) is 0 Å². The molecule has 0 aliphatic carbocycles. The smallest absolute Gasteiger partial charge is 0.0471 e. The Morgan fingerprint density at radius 1 is 1.42 bits per heavy atom. The van der Waals surface area contributed by atoms with Crippen molar-refractivity contribution in [1.29, 1.82) is 0 Å². The number of rotatable bonds is 4. The molecule has 0 heterocycles. The molecule has 0 bridgehead atoms. The Hall–Kier alpha value is -0.820. The molecule has 1 N–H and O–H groups in total. The normalized spacial score (nSPS) is 10.8. The minimum Gasteiger partial charge on any atom is -0.396 e. The minimum atomic E-state index is 0.198. The van der Waals surface area contributed by atoms with E-state index in [-0.39, 0.29) is 6.61 Å². The highest BCUT2D eigenvalue weighted by Gasteiger charge is 1.86. The van der Waals surface area contributed by atoms with Crippen LogP contribution >= 0.6 is 0 Å². The molecule has 0 saturated carbocycles. The summed E-state index contributed by atoms with van der Waals surface area (Å²) in [6.07, 6.45) is 8.25. The van der Waals surface area contributed by atoms with Crippen LogP contribution in [0.15, 0.2) is 36.5 Å². The summed E-state index contributed by atoms with van der Waals surface area (Å²) in [5, 5.41) is 8.58. The second-order valence-corrected chi connectivity index (χ2v) is 1.95. The Balaban J connectivity index is 0. The van der Waals surface area contributed by atoms with E-state index in [2.05, 4.69) is 6.58 Å². The molecule has 0 aliphatic heterocycles. The van der Waals surface area contributed by atoms with Crippen molar-refractivity contribution < 1.29 is 5.11 Å². The van der Waals surface area contributed by atoms with Crippen LogP contribution in [0.3, 0.4) is 0 Å². The van der Waals surface area contributed by atoms with Gasteiger partial charge in [0.2, 0.25) is 0 Å².